The van der Waals surface area contributed by atoms with Crippen molar-refractivity contribution in [3.05, 3.63) is 70.8 Å². The molecule has 0 saturated carbocycles. The number of nitrogens with zero attached hydrogens (tertiary/aromatic N) is 3. The van der Waals surface area contributed by atoms with Crippen molar-refractivity contribution >= 4 is 22.3 Å². The third-order valence-corrected chi connectivity index (χ3v) is 3.79. The highest BCUT2D eigenvalue weighted by Crippen LogP contribution is 2.16. The number of aromatic nitrogens is 2. The van der Waals surface area contributed by atoms with Crippen LogP contribution in [0, 0.1) is 0 Å². The number of fused-ring (bicyclic) bond motifs is 2. The second-order valence-corrected chi connectivity index (χ2v) is 5.20. The van der Waals surface area contributed by atoms with Gasteiger partial charge in [0.05, 0.1) is 16.6 Å². The Morgan fingerprint density at radius 1 is 1.05 bits per heavy atom. The first-order chi connectivity index (χ1) is 10.8. The molecule has 2 heterocycles. The summed E-state index contributed by atoms with van der Waals surface area (Å²) in [6.45, 7) is 0.626. The van der Waals surface area contributed by atoms with E-state index in [-0.39, 0.29) is 5.56 Å². The van der Waals surface area contributed by atoms with Crippen LogP contribution in [0.5, 0.6) is 0 Å². The van der Waals surface area contributed by atoms with E-state index in [0.717, 1.165) is 11.4 Å². The molecule has 0 atom stereocenters. The summed E-state index contributed by atoms with van der Waals surface area (Å²) in [6, 6.07) is 17.2. The average Bonchev–Trinajstić information content (AvgIpc) is 2.97. The van der Waals surface area contributed by atoms with Crippen molar-refractivity contribution in [2.45, 2.75) is 13.0 Å². The van der Waals surface area contributed by atoms with Crippen molar-refractivity contribution in [2.24, 2.45) is 5.10 Å². The number of hydrazone groups is 1. The topological polar surface area (TPSA) is 59.3 Å². The molecule has 0 radical (unpaired) electrons. The Morgan fingerprint density at radius 2 is 1.82 bits per heavy atom. The summed E-state index contributed by atoms with van der Waals surface area (Å²) in [5.74, 6) is 0.659. The molecule has 22 heavy (non-hydrogen) atoms. The van der Waals surface area contributed by atoms with Gasteiger partial charge in [0, 0.05) is 13.0 Å². The molecular formula is C17H14N4O. The zero-order chi connectivity index (χ0) is 14.9. The van der Waals surface area contributed by atoms with Crippen LogP contribution in [-0.4, -0.2) is 15.3 Å². The van der Waals surface area contributed by atoms with E-state index in [1.807, 2.05) is 54.6 Å². The van der Waals surface area contributed by atoms with E-state index in [4.69, 9.17) is 0 Å². The monoisotopic (exact) mass is 290 g/mol. The molecule has 4 rings (SSSR count). The fraction of sp³-hybridized carbons (Fsp3) is 0.118. The number of anilines is 1. The first kappa shape index (κ1) is 12.8. The molecule has 1 N–H and O–H groups in total. The average molecular weight is 290 g/mol. The molecule has 0 spiro atoms. The lowest BCUT2D eigenvalue weighted by Crippen LogP contribution is -2.21. The van der Waals surface area contributed by atoms with Gasteiger partial charge < -0.3 is 0 Å². The van der Waals surface area contributed by atoms with Crippen molar-refractivity contribution in [1.29, 1.82) is 0 Å². The summed E-state index contributed by atoms with van der Waals surface area (Å²) in [6.07, 6.45) is 0.707. The fourth-order valence-corrected chi connectivity index (χ4v) is 2.68. The summed E-state index contributed by atoms with van der Waals surface area (Å²) < 4.78 is 1.70. The Kier molecular flexibility index (Phi) is 2.96. The Labute approximate surface area is 126 Å². The summed E-state index contributed by atoms with van der Waals surface area (Å²) in [7, 11) is 0. The molecule has 2 aromatic carbocycles. The van der Waals surface area contributed by atoms with Crippen LogP contribution in [0.3, 0.4) is 0 Å². The third kappa shape index (κ3) is 2.07. The molecule has 0 fully saturated rings. The van der Waals surface area contributed by atoms with Crippen LogP contribution < -0.4 is 11.0 Å². The van der Waals surface area contributed by atoms with E-state index in [2.05, 4.69) is 15.5 Å². The minimum Gasteiger partial charge on any atom is -0.291 e. The van der Waals surface area contributed by atoms with Crippen molar-refractivity contribution in [1.82, 2.24) is 9.55 Å². The molecule has 0 aliphatic carbocycles. The summed E-state index contributed by atoms with van der Waals surface area (Å²) >= 11 is 0. The number of hydrogen-bond acceptors (Lipinski definition) is 4. The minimum atomic E-state index is 0.00510. The van der Waals surface area contributed by atoms with Crippen LogP contribution in [0.1, 0.15) is 12.2 Å². The third-order valence-electron chi connectivity index (χ3n) is 3.79. The van der Waals surface area contributed by atoms with Crippen LogP contribution in [0.2, 0.25) is 0 Å². The van der Waals surface area contributed by atoms with Gasteiger partial charge in [-0.25, -0.2) is 4.98 Å². The van der Waals surface area contributed by atoms with Crippen LogP contribution in [0.15, 0.2) is 64.5 Å². The maximum Gasteiger partial charge on any atom is 0.261 e. The highest BCUT2D eigenvalue weighted by atomic mass is 16.1. The van der Waals surface area contributed by atoms with Crippen LogP contribution in [0.4, 0.5) is 5.69 Å². The standard InChI is InChI=1S/C17H14N4O/c22-17-13-8-4-5-9-14(13)18-16-15(10-11-21(16)17)20-19-12-6-2-1-3-7-12/h1-9,19H,10-11H2/b20-15-. The Bertz CT molecular complexity index is 928. The summed E-state index contributed by atoms with van der Waals surface area (Å²) in [5.41, 5.74) is 5.47. The van der Waals surface area contributed by atoms with E-state index >= 15 is 0 Å². The molecule has 0 bridgehead atoms. The van der Waals surface area contributed by atoms with E-state index in [1.165, 1.54) is 0 Å². The second kappa shape index (κ2) is 5.11. The van der Waals surface area contributed by atoms with Gasteiger partial charge in [0.2, 0.25) is 0 Å². The molecule has 1 aliphatic rings. The van der Waals surface area contributed by atoms with Gasteiger partial charge in [0.15, 0.2) is 5.82 Å². The van der Waals surface area contributed by atoms with Gasteiger partial charge in [0.25, 0.3) is 5.56 Å². The predicted octanol–water partition coefficient (Wildman–Crippen LogP) is 2.62. The molecule has 0 amide bonds. The predicted molar refractivity (Wildman–Crippen MR) is 87.2 cm³/mol. The highest BCUT2D eigenvalue weighted by Gasteiger charge is 2.22. The van der Waals surface area contributed by atoms with E-state index < -0.39 is 0 Å². The minimum absolute atomic E-state index is 0.00510. The number of benzene rings is 2. The molecule has 0 saturated heterocycles. The van der Waals surface area contributed by atoms with E-state index in [1.54, 1.807) is 4.57 Å². The van der Waals surface area contributed by atoms with Crippen LogP contribution >= 0.6 is 0 Å². The van der Waals surface area contributed by atoms with E-state index in [9.17, 15) is 4.79 Å². The lowest BCUT2D eigenvalue weighted by atomic mass is 10.2. The van der Waals surface area contributed by atoms with Crippen molar-refractivity contribution < 1.29 is 0 Å². The van der Waals surface area contributed by atoms with Gasteiger partial charge >= 0.3 is 0 Å². The summed E-state index contributed by atoms with van der Waals surface area (Å²) in [5, 5.41) is 5.08. The molecule has 0 unspecified atom stereocenters. The SMILES string of the molecule is O=c1c2ccccc2nc2n1CC/C2=N/Nc1ccccc1. The zero-order valence-electron chi connectivity index (χ0n) is 11.9. The van der Waals surface area contributed by atoms with Gasteiger partial charge in [-0.2, -0.15) is 5.10 Å². The Hall–Kier alpha value is -2.95. The lowest BCUT2D eigenvalue weighted by Gasteiger charge is -2.05. The molecular weight excluding hydrogens is 276 g/mol. The lowest BCUT2D eigenvalue weighted by molar-refractivity contribution is 0.726. The van der Waals surface area contributed by atoms with Crippen molar-refractivity contribution in [3.63, 3.8) is 0 Å². The number of para-hydroxylation sites is 2. The molecule has 5 heteroatoms. The summed E-state index contributed by atoms with van der Waals surface area (Å²) in [4.78, 5) is 17.1. The fourth-order valence-electron chi connectivity index (χ4n) is 2.68. The molecule has 1 aromatic heterocycles. The molecule has 108 valence electrons. The second-order valence-electron chi connectivity index (χ2n) is 5.20. The molecule has 5 nitrogen and oxygen atoms in total. The largest absolute Gasteiger partial charge is 0.291 e. The van der Waals surface area contributed by atoms with Gasteiger partial charge in [0.1, 0.15) is 5.71 Å². The molecule has 1 aliphatic heterocycles. The van der Waals surface area contributed by atoms with Gasteiger partial charge in [-0.05, 0) is 24.3 Å². The highest BCUT2D eigenvalue weighted by molar-refractivity contribution is 6.00. The van der Waals surface area contributed by atoms with Crippen molar-refractivity contribution in [2.75, 3.05) is 5.43 Å². The first-order valence-corrected chi connectivity index (χ1v) is 7.20. The number of nitrogens with one attached hydrogen (secondary N) is 1. The maximum absolute atomic E-state index is 12.5. The van der Waals surface area contributed by atoms with E-state index in [0.29, 0.717) is 29.7 Å². The quantitative estimate of drug-likeness (QED) is 0.738. The van der Waals surface area contributed by atoms with Crippen molar-refractivity contribution in [3.8, 4) is 0 Å². The zero-order valence-corrected chi connectivity index (χ0v) is 11.9. The maximum atomic E-state index is 12.5. The van der Waals surface area contributed by atoms with Crippen LogP contribution in [0.25, 0.3) is 10.9 Å². The Balaban J connectivity index is 1.77. The van der Waals surface area contributed by atoms with Crippen LogP contribution in [-0.2, 0) is 6.54 Å². The van der Waals surface area contributed by atoms with Gasteiger partial charge in [-0.15, -0.1) is 0 Å². The normalized spacial score (nSPS) is 15.2. The Morgan fingerprint density at radius 3 is 2.68 bits per heavy atom. The first-order valence-electron chi connectivity index (χ1n) is 7.20. The molecule has 3 aromatic rings. The smallest absolute Gasteiger partial charge is 0.261 e. The number of rotatable bonds is 2. The van der Waals surface area contributed by atoms with Gasteiger partial charge in [-0.3, -0.25) is 14.8 Å². The van der Waals surface area contributed by atoms with Gasteiger partial charge in [-0.1, -0.05) is 30.3 Å². The number of hydrogen-bond donors (Lipinski definition) is 1.